The number of hydrogen-bond donors (Lipinski definition) is 1. The largest absolute Gasteiger partial charge is 0.507 e. The average molecular weight is 308 g/mol. The van der Waals surface area contributed by atoms with Crippen LogP contribution in [0.25, 0.3) is 11.0 Å². The molecule has 1 aliphatic rings. The smallest absolute Gasteiger partial charge is 0.211 e. The molecular weight excluding hydrogens is 290 g/mol. The zero-order valence-electron chi connectivity index (χ0n) is 11.9. The van der Waals surface area contributed by atoms with E-state index in [1.54, 1.807) is 12.1 Å². The van der Waals surface area contributed by atoms with E-state index in [1.807, 2.05) is 0 Å². The van der Waals surface area contributed by atoms with Crippen LogP contribution >= 0.6 is 11.6 Å². The van der Waals surface area contributed by atoms with Gasteiger partial charge in [-0.3, -0.25) is 9.69 Å². The fourth-order valence-electron chi connectivity index (χ4n) is 2.97. The molecule has 1 atom stereocenters. The highest BCUT2D eigenvalue weighted by Gasteiger charge is 2.22. The maximum absolute atomic E-state index is 12.1. The number of phenolic OH excluding ortho intramolecular Hbond substituents is 1. The third kappa shape index (κ3) is 2.65. The first-order valence-corrected chi connectivity index (χ1v) is 7.61. The number of likely N-dealkylation sites (tertiary alicyclic amines) is 1. The molecular formula is C16H18ClNO3. The van der Waals surface area contributed by atoms with E-state index in [2.05, 4.69) is 11.8 Å². The van der Waals surface area contributed by atoms with Crippen molar-refractivity contribution in [1.29, 1.82) is 0 Å². The molecule has 4 nitrogen and oxygen atoms in total. The summed E-state index contributed by atoms with van der Waals surface area (Å²) in [5.41, 5.74) is 0.836. The molecule has 0 amide bonds. The van der Waals surface area contributed by atoms with Gasteiger partial charge < -0.3 is 9.52 Å². The van der Waals surface area contributed by atoms with Gasteiger partial charge in [-0.1, -0.05) is 18.0 Å². The summed E-state index contributed by atoms with van der Waals surface area (Å²) in [6.45, 7) is 3.76. The molecule has 2 heterocycles. The Morgan fingerprint density at radius 2 is 2.24 bits per heavy atom. The summed E-state index contributed by atoms with van der Waals surface area (Å²) in [6.07, 6.45) is 4.80. The number of nitrogens with zero attached hydrogens (tertiary/aromatic N) is 1. The number of rotatable bonds is 2. The van der Waals surface area contributed by atoms with E-state index in [0.29, 0.717) is 29.1 Å². The van der Waals surface area contributed by atoms with Crippen molar-refractivity contribution in [3.8, 4) is 5.75 Å². The molecule has 1 aromatic carbocycles. The van der Waals surface area contributed by atoms with E-state index >= 15 is 0 Å². The quantitative estimate of drug-likeness (QED) is 0.922. The lowest BCUT2D eigenvalue weighted by molar-refractivity contribution is 0.151. The first kappa shape index (κ1) is 14.4. The number of piperidine rings is 1. The monoisotopic (exact) mass is 307 g/mol. The van der Waals surface area contributed by atoms with Gasteiger partial charge in [0.2, 0.25) is 5.43 Å². The van der Waals surface area contributed by atoms with Crippen LogP contribution in [0.15, 0.2) is 27.6 Å². The number of benzene rings is 1. The Hall–Kier alpha value is -1.52. The van der Waals surface area contributed by atoms with Crippen molar-refractivity contribution in [3.63, 3.8) is 0 Å². The van der Waals surface area contributed by atoms with Crippen LogP contribution in [0.1, 0.15) is 31.7 Å². The lowest BCUT2D eigenvalue weighted by Crippen LogP contribution is -2.36. The number of halogens is 1. The Morgan fingerprint density at radius 1 is 1.43 bits per heavy atom. The standard InChI is InChI=1S/C16H18ClNO3/c1-10-4-2-3-7-18(10)8-12-14(19)6-5-11-15(20)13(17)9-21-16(11)12/h5-6,9-10,19H,2-4,7-8H2,1H3. The Kier molecular flexibility index (Phi) is 3.91. The zero-order valence-corrected chi connectivity index (χ0v) is 12.7. The second kappa shape index (κ2) is 5.70. The van der Waals surface area contributed by atoms with Gasteiger partial charge in [-0.2, -0.15) is 0 Å². The summed E-state index contributed by atoms with van der Waals surface area (Å²) in [6, 6.07) is 3.57. The van der Waals surface area contributed by atoms with Crippen LogP contribution in [-0.4, -0.2) is 22.6 Å². The van der Waals surface area contributed by atoms with Crippen LogP contribution in [-0.2, 0) is 6.54 Å². The topological polar surface area (TPSA) is 53.7 Å². The molecule has 0 bridgehead atoms. The SMILES string of the molecule is CC1CCCCN1Cc1c(O)ccc2c(=O)c(Cl)coc12. The Bertz CT molecular complexity index is 725. The predicted octanol–water partition coefficient (Wildman–Crippen LogP) is 3.53. The van der Waals surface area contributed by atoms with Crippen molar-refractivity contribution in [1.82, 2.24) is 4.90 Å². The Labute approximate surface area is 127 Å². The minimum atomic E-state index is -0.258. The molecule has 1 unspecified atom stereocenters. The van der Waals surface area contributed by atoms with E-state index in [1.165, 1.54) is 12.7 Å². The first-order chi connectivity index (χ1) is 10.1. The predicted molar refractivity (Wildman–Crippen MR) is 82.9 cm³/mol. The summed E-state index contributed by atoms with van der Waals surface area (Å²) < 4.78 is 5.49. The van der Waals surface area contributed by atoms with Crippen molar-refractivity contribution < 1.29 is 9.52 Å². The number of hydrogen-bond acceptors (Lipinski definition) is 4. The highest BCUT2D eigenvalue weighted by molar-refractivity contribution is 6.30. The molecule has 0 saturated carbocycles. The van der Waals surface area contributed by atoms with Gasteiger partial charge in [0.05, 0.1) is 10.9 Å². The van der Waals surface area contributed by atoms with Gasteiger partial charge in [-0.05, 0) is 38.4 Å². The van der Waals surface area contributed by atoms with Crippen LogP contribution < -0.4 is 5.43 Å². The van der Waals surface area contributed by atoms with Crippen molar-refractivity contribution >= 4 is 22.6 Å². The van der Waals surface area contributed by atoms with Gasteiger partial charge in [0.25, 0.3) is 0 Å². The molecule has 0 aliphatic carbocycles. The van der Waals surface area contributed by atoms with Gasteiger partial charge in [0.1, 0.15) is 22.6 Å². The molecule has 1 aliphatic heterocycles. The maximum Gasteiger partial charge on any atom is 0.211 e. The summed E-state index contributed by atoms with van der Waals surface area (Å²) in [5, 5.41) is 10.6. The minimum absolute atomic E-state index is 0.0606. The highest BCUT2D eigenvalue weighted by atomic mass is 35.5. The molecule has 0 radical (unpaired) electrons. The third-order valence-corrected chi connectivity index (χ3v) is 4.54. The Morgan fingerprint density at radius 3 is 3.00 bits per heavy atom. The van der Waals surface area contributed by atoms with Gasteiger partial charge in [-0.25, -0.2) is 0 Å². The molecule has 112 valence electrons. The summed E-state index contributed by atoms with van der Waals surface area (Å²) in [4.78, 5) is 14.4. The van der Waals surface area contributed by atoms with Crippen LogP contribution in [0.5, 0.6) is 5.75 Å². The van der Waals surface area contributed by atoms with Gasteiger partial charge >= 0.3 is 0 Å². The van der Waals surface area contributed by atoms with Crippen LogP contribution in [0.2, 0.25) is 5.02 Å². The fraction of sp³-hybridized carbons (Fsp3) is 0.438. The first-order valence-electron chi connectivity index (χ1n) is 7.24. The molecule has 1 fully saturated rings. The van der Waals surface area contributed by atoms with Gasteiger partial charge in [0, 0.05) is 12.6 Å². The van der Waals surface area contributed by atoms with Crippen LogP contribution in [0, 0.1) is 0 Å². The number of aromatic hydroxyl groups is 1. The van der Waals surface area contributed by atoms with Crippen molar-refractivity contribution in [3.05, 3.63) is 39.2 Å². The third-order valence-electron chi connectivity index (χ3n) is 4.28. The second-order valence-corrected chi connectivity index (χ2v) is 6.08. The van der Waals surface area contributed by atoms with Gasteiger partial charge in [0.15, 0.2) is 0 Å². The molecule has 21 heavy (non-hydrogen) atoms. The average Bonchev–Trinajstić information content (AvgIpc) is 2.48. The van der Waals surface area contributed by atoms with E-state index < -0.39 is 0 Å². The van der Waals surface area contributed by atoms with E-state index in [9.17, 15) is 9.90 Å². The number of phenols is 1. The van der Waals surface area contributed by atoms with Crippen molar-refractivity contribution in [2.75, 3.05) is 6.54 Å². The van der Waals surface area contributed by atoms with Gasteiger partial charge in [-0.15, -0.1) is 0 Å². The minimum Gasteiger partial charge on any atom is -0.507 e. The van der Waals surface area contributed by atoms with E-state index in [0.717, 1.165) is 19.4 Å². The molecule has 5 heteroatoms. The summed E-state index contributed by atoms with van der Waals surface area (Å²) >= 11 is 5.82. The summed E-state index contributed by atoms with van der Waals surface area (Å²) in [7, 11) is 0. The molecule has 1 saturated heterocycles. The Balaban J connectivity index is 2.07. The maximum atomic E-state index is 12.1. The highest BCUT2D eigenvalue weighted by Crippen LogP contribution is 2.30. The molecule has 1 N–H and O–H groups in total. The van der Waals surface area contributed by atoms with Crippen molar-refractivity contribution in [2.45, 2.75) is 38.8 Å². The summed E-state index contributed by atoms with van der Waals surface area (Å²) in [5.74, 6) is 0.158. The fourth-order valence-corrected chi connectivity index (χ4v) is 3.12. The second-order valence-electron chi connectivity index (χ2n) is 5.67. The molecule has 0 spiro atoms. The van der Waals surface area contributed by atoms with E-state index in [4.69, 9.17) is 16.0 Å². The lowest BCUT2D eigenvalue weighted by atomic mass is 10.0. The molecule has 2 aromatic rings. The normalized spacial score (nSPS) is 20.0. The zero-order chi connectivity index (χ0) is 15.0. The van der Waals surface area contributed by atoms with Crippen molar-refractivity contribution in [2.24, 2.45) is 0 Å². The lowest BCUT2D eigenvalue weighted by Gasteiger charge is -2.33. The number of fused-ring (bicyclic) bond motifs is 1. The molecule has 1 aromatic heterocycles. The van der Waals surface area contributed by atoms with Crippen LogP contribution in [0.3, 0.4) is 0 Å². The van der Waals surface area contributed by atoms with Crippen LogP contribution in [0.4, 0.5) is 0 Å². The van der Waals surface area contributed by atoms with E-state index in [-0.39, 0.29) is 16.2 Å². The molecule has 3 rings (SSSR count).